The van der Waals surface area contributed by atoms with Crippen molar-refractivity contribution in [1.82, 2.24) is 10.5 Å². The molecule has 106 valence electrons. The Balaban J connectivity index is 2.08. The van der Waals surface area contributed by atoms with E-state index in [1.807, 2.05) is 31.2 Å². The van der Waals surface area contributed by atoms with E-state index in [-0.39, 0.29) is 5.91 Å². The van der Waals surface area contributed by atoms with Crippen LogP contribution in [0.25, 0.3) is 11.3 Å². The summed E-state index contributed by atoms with van der Waals surface area (Å²) in [5.41, 5.74) is 2.52. The predicted octanol–water partition coefficient (Wildman–Crippen LogP) is 3.57. The average Bonchev–Trinajstić information content (AvgIpc) is 2.93. The van der Waals surface area contributed by atoms with Gasteiger partial charge in [-0.2, -0.15) is 0 Å². The smallest absolute Gasteiger partial charge is 0.256 e. The summed E-state index contributed by atoms with van der Waals surface area (Å²) in [7, 11) is 0. The Morgan fingerprint density at radius 3 is 2.70 bits per heavy atom. The van der Waals surface area contributed by atoms with E-state index in [0.29, 0.717) is 17.9 Å². The number of carbonyl (C=O) groups is 1. The molecule has 0 aliphatic heterocycles. The molecule has 0 aliphatic rings. The molecule has 0 aliphatic carbocycles. The molecular weight excluding hydrogens is 252 g/mol. The Morgan fingerprint density at radius 1 is 1.25 bits per heavy atom. The second-order valence-corrected chi connectivity index (χ2v) is 4.90. The molecule has 0 bridgehead atoms. The molecule has 2 aromatic rings. The fourth-order valence-electron chi connectivity index (χ4n) is 1.99. The summed E-state index contributed by atoms with van der Waals surface area (Å²) in [5.74, 6) is 0.399. The molecule has 1 N–H and O–H groups in total. The van der Waals surface area contributed by atoms with Gasteiger partial charge >= 0.3 is 0 Å². The Hall–Kier alpha value is -2.10. The molecule has 0 spiro atoms. The Kier molecular flexibility index (Phi) is 4.93. The summed E-state index contributed by atoms with van der Waals surface area (Å²) in [5, 5.41) is 6.65. The van der Waals surface area contributed by atoms with Crippen molar-refractivity contribution in [2.24, 2.45) is 0 Å². The number of unbranched alkanes of at least 4 members (excludes halogenated alkanes) is 2. The van der Waals surface area contributed by atoms with Crippen LogP contribution in [0.4, 0.5) is 0 Å². The summed E-state index contributed by atoms with van der Waals surface area (Å²) in [6.45, 7) is 4.84. The Bertz CT molecular complexity index is 558. The lowest BCUT2D eigenvalue weighted by molar-refractivity contribution is 0.0953. The number of hydrogen-bond acceptors (Lipinski definition) is 3. The first-order valence-electron chi connectivity index (χ1n) is 7.02. The van der Waals surface area contributed by atoms with Crippen LogP contribution in [-0.2, 0) is 0 Å². The highest BCUT2D eigenvalue weighted by atomic mass is 16.5. The van der Waals surface area contributed by atoms with Gasteiger partial charge in [0, 0.05) is 12.1 Å². The number of aromatic nitrogens is 1. The number of amides is 1. The highest BCUT2D eigenvalue weighted by molar-refractivity contribution is 5.99. The Labute approximate surface area is 119 Å². The number of nitrogens with zero attached hydrogens (tertiary/aromatic N) is 1. The van der Waals surface area contributed by atoms with Crippen LogP contribution >= 0.6 is 0 Å². The molecule has 1 aromatic carbocycles. The third kappa shape index (κ3) is 3.47. The third-order valence-electron chi connectivity index (χ3n) is 3.19. The average molecular weight is 272 g/mol. The van der Waals surface area contributed by atoms with Crippen LogP contribution in [-0.4, -0.2) is 17.6 Å². The maximum Gasteiger partial charge on any atom is 0.256 e. The van der Waals surface area contributed by atoms with E-state index in [0.717, 1.165) is 24.8 Å². The van der Waals surface area contributed by atoms with Gasteiger partial charge in [-0.05, 0) is 13.3 Å². The topological polar surface area (TPSA) is 55.1 Å². The quantitative estimate of drug-likeness (QED) is 0.818. The molecule has 0 saturated carbocycles. The second-order valence-electron chi connectivity index (χ2n) is 4.90. The molecule has 2 rings (SSSR count). The van der Waals surface area contributed by atoms with E-state index in [1.165, 1.54) is 11.8 Å². The van der Waals surface area contributed by atoms with Gasteiger partial charge in [-0.1, -0.05) is 54.8 Å². The van der Waals surface area contributed by atoms with Crippen molar-refractivity contribution in [1.29, 1.82) is 0 Å². The van der Waals surface area contributed by atoms with E-state index < -0.39 is 0 Å². The second kappa shape index (κ2) is 6.89. The fraction of sp³-hybridized carbons (Fsp3) is 0.375. The lowest BCUT2D eigenvalue weighted by atomic mass is 10.1. The number of carbonyl (C=O) groups excluding carboxylic acids is 1. The molecule has 0 saturated heterocycles. The highest BCUT2D eigenvalue weighted by Crippen LogP contribution is 2.23. The van der Waals surface area contributed by atoms with Gasteiger partial charge in [0.2, 0.25) is 0 Å². The van der Waals surface area contributed by atoms with E-state index in [9.17, 15) is 4.79 Å². The lowest BCUT2D eigenvalue weighted by Crippen LogP contribution is -2.24. The van der Waals surface area contributed by atoms with Crippen molar-refractivity contribution in [3.63, 3.8) is 0 Å². The Morgan fingerprint density at radius 2 is 2.00 bits per heavy atom. The summed E-state index contributed by atoms with van der Waals surface area (Å²) in [4.78, 5) is 12.1. The van der Waals surface area contributed by atoms with Crippen molar-refractivity contribution in [3.05, 3.63) is 41.6 Å². The van der Waals surface area contributed by atoms with Gasteiger partial charge in [0.1, 0.15) is 5.56 Å². The molecule has 1 amide bonds. The van der Waals surface area contributed by atoms with Gasteiger partial charge in [-0.25, -0.2) is 0 Å². The molecule has 1 aromatic heterocycles. The first-order chi connectivity index (χ1) is 9.72. The number of rotatable bonds is 6. The van der Waals surface area contributed by atoms with Crippen LogP contribution in [0.2, 0.25) is 0 Å². The van der Waals surface area contributed by atoms with Crippen LogP contribution in [0.5, 0.6) is 0 Å². The van der Waals surface area contributed by atoms with Gasteiger partial charge in [0.05, 0.1) is 6.20 Å². The van der Waals surface area contributed by atoms with Gasteiger partial charge in [-0.15, -0.1) is 0 Å². The summed E-state index contributed by atoms with van der Waals surface area (Å²) in [6.07, 6.45) is 4.73. The molecule has 0 fully saturated rings. The third-order valence-corrected chi connectivity index (χ3v) is 3.19. The van der Waals surface area contributed by atoms with Crippen LogP contribution in [0.3, 0.4) is 0 Å². The number of aryl methyl sites for hydroxylation is 1. The van der Waals surface area contributed by atoms with Gasteiger partial charge in [0.25, 0.3) is 5.91 Å². The predicted molar refractivity (Wildman–Crippen MR) is 78.5 cm³/mol. The minimum absolute atomic E-state index is 0.127. The molecular formula is C16H20N2O2. The van der Waals surface area contributed by atoms with E-state index >= 15 is 0 Å². The summed E-state index contributed by atoms with van der Waals surface area (Å²) >= 11 is 0. The first-order valence-corrected chi connectivity index (χ1v) is 7.02. The van der Waals surface area contributed by atoms with E-state index in [1.54, 1.807) is 0 Å². The normalized spacial score (nSPS) is 10.5. The SMILES string of the molecule is CCCCCNC(=O)c1cnoc1-c1ccc(C)cc1. The maximum atomic E-state index is 12.1. The van der Waals surface area contributed by atoms with Crippen molar-refractivity contribution < 1.29 is 9.32 Å². The van der Waals surface area contributed by atoms with Gasteiger partial charge in [-0.3, -0.25) is 4.79 Å². The standard InChI is InChI=1S/C16H20N2O2/c1-3-4-5-10-17-16(19)14-11-18-20-15(14)13-8-6-12(2)7-9-13/h6-9,11H,3-5,10H2,1-2H3,(H,17,19). The molecule has 1 heterocycles. The van der Waals surface area contributed by atoms with Gasteiger partial charge in [0.15, 0.2) is 5.76 Å². The van der Waals surface area contributed by atoms with Crippen molar-refractivity contribution in [2.45, 2.75) is 33.1 Å². The van der Waals surface area contributed by atoms with Crippen molar-refractivity contribution >= 4 is 5.91 Å². The molecule has 0 radical (unpaired) electrons. The van der Waals surface area contributed by atoms with Crippen molar-refractivity contribution in [2.75, 3.05) is 6.54 Å². The lowest BCUT2D eigenvalue weighted by Gasteiger charge is -2.04. The molecule has 0 unspecified atom stereocenters. The summed E-state index contributed by atoms with van der Waals surface area (Å²) in [6, 6.07) is 7.84. The molecule has 0 atom stereocenters. The largest absolute Gasteiger partial charge is 0.355 e. The van der Waals surface area contributed by atoms with Crippen LogP contribution in [0.1, 0.15) is 42.1 Å². The number of benzene rings is 1. The number of nitrogens with one attached hydrogen (secondary N) is 1. The highest BCUT2D eigenvalue weighted by Gasteiger charge is 2.17. The molecule has 20 heavy (non-hydrogen) atoms. The van der Waals surface area contributed by atoms with Crippen LogP contribution < -0.4 is 5.32 Å². The first kappa shape index (κ1) is 14.3. The van der Waals surface area contributed by atoms with Gasteiger partial charge < -0.3 is 9.84 Å². The van der Waals surface area contributed by atoms with Crippen molar-refractivity contribution in [3.8, 4) is 11.3 Å². The molecule has 4 nitrogen and oxygen atoms in total. The minimum Gasteiger partial charge on any atom is -0.355 e. The van der Waals surface area contributed by atoms with E-state index in [4.69, 9.17) is 4.52 Å². The van der Waals surface area contributed by atoms with Crippen LogP contribution in [0.15, 0.2) is 35.0 Å². The zero-order chi connectivity index (χ0) is 14.4. The summed E-state index contributed by atoms with van der Waals surface area (Å²) < 4.78 is 5.23. The minimum atomic E-state index is -0.127. The zero-order valence-electron chi connectivity index (χ0n) is 12.0. The molecule has 4 heteroatoms. The van der Waals surface area contributed by atoms with E-state index in [2.05, 4.69) is 17.4 Å². The number of hydrogen-bond donors (Lipinski definition) is 1. The zero-order valence-corrected chi connectivity index (χ0v) is 12.0. The van der Waals surface area contributed by atoms with Crippen LogP contribution in [0, 0.1) is 6.92 Å². The monoisotopic (exact) mass is 272 g/mol. The fourth-order valence-corrected chi connectivity index (χ4v) is 1.99. The maximum absolute atomic E-state index is 12.1.